The molecule has 43 heavy (non-hydrogen) atoms. The fourth-order valence-electron chi connectivity index (χ4n) is 4.81. The summed E-state index contributed by atoms with van der Waals surface area (Å²) in [6.07, 6.45) is -0.967. The largest absolute Gasteiger partial charge is 0.490 e. The van der Waals surface area contributed by atoms with Gasteiger partial charge in [0.05, 0.1) is 13.1 Å². The molecule has 14 heteroatoms. The first-order chi connectivity index (χ1) is 20.2. The first-order valence-electron chi connectivity index (χ1n) is 13.7. The molecule has 3 rings (SSSR count). The van der Waals surface area contributed by atoms with E-state index in [-0.39, 0.29) is 24.4 Å². The summed E-state index contributed by atoms with van der Waals surface area (Å²) in [6.45, 7) is 2.23. The molecule has 1 aliphatic heterocycles. The number of fused-ring (bicyclic) bond motifs is 1. The van der Waals surface area contributed by atoms with E-state index in [0.717, 1.165) is 35.7 Å². The standard InChI is InChI=1S/C27H38N4O4S.C2HF3O2/c1-29(2)19-26(33)31-14-7-11-22(31)17-30(18-25(32)28-24(27(34)35)13-15-36-3)16-21-10-6-9-20-8-4-5-12-23(20)21;3-2(4,5)1(6)7/h4-6,8-10,12,22,24H,7,11,13-19H2,1-3H3,(H,28,32)(H,34,35);(H,6,7)/t22-,24?;/m0./s1. The summed E-state index contributed by atoms with van der Waals surface area (Å²) in [6, 6.07) is 13.4. The fourth-order valence-corrected chi connectivity index (χ4v) is 5.28. The molecule has 0 bridgehead atoms. The molecule has 2 atom stereocenters. The number of nitrogens with one attached hydrogen (secondary N) is 1. The molecule has 10 nitrogen and oxygen atoms in total. The molecule has 2 aromatic rings. The van der Waals surface area contributed by atoms with Crippen LogP contribution in [0.3, 0.4) is 0 Å². The van der Waals surface area contributed by atoms with Crippen LogP contribution in [0.2, 0.25) is 0 Å². The summed E-state index contributed by atoms with van der Waals surface area (Å²) in [5, 5.41) is 21.6. The molecule has 2 amide bonds. The minimum absolute atomic E-state index is 0.0204. The van der Waals surface area contributed by atoms with Gasteiger partial charge in [-0.1, -0.05) is 42.5 Å². The highest BCUT2D eigenvalue weighted by atomic mass is 32.2. The summed E-state index contributed by atoms with van der Waals surface area (Å²) in [7, 11) is 3.77. The quantitative estimate of drug-likeness (QED) is 0.306. The Bertz CT molecular complexity index is 1240. The minimum atomic E-state index is -5.08. The van der Waals surface area contributed by atoms with Crippen LogP contribution in [0.25, 0.3) is 10.8 Å². The number of aliphatic carboxylic acids is 2. The molecule has 238 valence electrons. The van der Waals surface area contributed by atoms with Gasteiger partial charge in [0.1, 0.15) is 6.04 Å². The lowest BCUT2D eigenvalue weighted by atomic mass is 10.0. The van der Waals surface area contributed by atoms with E-state index in [1.54, 1.807) is 11.8 Å². The highest BCUT2D eigenvalue weighted by Gasteiger charge is 2.38. The van der Waals surface area contributed by atoms with Gasteiger partial charge in [-0.3, -0.25) is 14.5 Å². The van der Waals surface area contributed by atoms with Crippen molar-refractivity contribution in [2.24, 2.45) is 0 Å². The van der Waals surface area contributed by atoms with E-state index in [2.05, 4.69) is 34.5 Å². The Morgan fingerprint density at radius 2 is 1.72 bits per heavy atom. The number of rotatable bonds is 13. The highest BCUT2D eigenvalue weighted by Crippen LogP contribution is 2.23. The first-order valence-corrected chi connectivity index (χ1v) is 15.1. The Morgan fingerprint density at radius 1 is 1.07 bits per heavy atom. The SMILES string of the molecule is CSCCC(NC(=O)CN(Cc1cccc2ccccc12)C[C@@H]1CCCN1C(=O)CN(C)C)C(=O)O.O=C(O)C(F)(F)F. The molecule has 1 heterocycles. The van der Waals surface area contributed by atoms with Gasteiger partial charge < -0.3 is 25.3 Å². The molecule has 0 aromatic heterocycles. The van der Waals surface area contributed by atoms with Crippen molar-refractivity contribution in [1.82, 2.24) is 20.0 Å². The minimum Gasteiger partial charge on any atom is -0.480 e. The first kappa shape index (κ1) is 35.8. The lowest BCUT2D eigenvalue weighted by Gasteiger charge is -2.32. The van der Waals surface area contributed by atoms with Crippen LogP contribution in [0.1, 0.15) is 24.8 Å². The lowest BCUT2D eigenvalue weighted by molar-refractivity contribution is -0.192. The van der Waals surface area contributed by atoms with Crippen molar-refractivity contribution in [3.63, 3.8) is 0 Å². The molecular formula is C29H39F3N4O6S. The monoisotopic (exact) mass is 628 g/mol. The van der Waals surface area contributed by atoms with Crippen LogP contribution in [0.4, 0.5) is 13.2 Å². The van der Waals surface area contributed by atoms with E-state index in [1.165, 1.54) is 0 Å². The van der Waals surface area contributed by atoms with E-state index in [1.807, 2.05) is 48.4 Å². The zero-order valence-electron chi connectivity index (χ0n) is 24.5. The Hall–Kier alpha value is -3.36. The van der Waals surface area contributed by atoms with Crippen LogP contribution in [-0.4, -0.2) is 119 Å². The summed E-state index contributed by atoms with van der Waals surface area (Å²) in [5.74, 6) is -3.34. The molecule has 1 fully saturated rings. The summed E-state index contributed by atoms with van der Waals surface area (Å²) in [5.41, 5.74) is 1.10. The van der Waals surface area contributed by atoms with Crippen molar-refractivity contribution in [3.8, 4) is 0 Å². The third-order valence-corrected chi connectivity index (χ3v) is 7.39. The van der Waals surface area contributed by atoms with Gasteiger partial charge in [-0.05, 0) is 61.7 Å². The number of benzene rings is 2. The lowest BCUT2D eigenvalue weighted by Crippen LogP contribution is -2.49. The number of likely N-dealkylation sites (tertiary alicyclic amines) is 1. The summed E-state index contributed by atoms with van der Waals surface area (Å²) >= 11 is 1.55. The Balaban J connectivity index is 0.000000821. The van der Waals surface area contributed by atoms with Gasteiger partial charge in [0.2, 0.25) is 11.8 Å². The van der Waals surface area contributed by atoms with Crippen molar-refractivity contribution < 1.29 is 42.6 Å². The molecular weight excluding hydrogens is 589 g/mol. The number of hydrogen-bond donors (Lipinski definition) is 3. The average molecular weight is 629 g/mol. The van der Waals surface area contributed by atoms with Crippen molar-refractivity contribution in [1.29, 1.82) is 0 Å². The van der Waals surface area contributed by atoms with Crippen LogP contribution in [-0.2, 0) is 25.7 Å². The number of halogens is 3. The van der Waals surface area contributed by atoms with Crippen LogP contribution >= 0.6 is 11.8 Å². The molecule has 1 unspecified atom stereocenters. The third-order valence-electron chi connectivity index (χ3n) is 6.75. The number of amides is 2. The van der Waals surface area contributed by atoms with Gasteiger partial charge in [-0.15, -0.1) is 0 Å². The Morgan fingerprint density at radius 3 is 2.33 bits per heavy atom. The van der Waals surface area contributed by atoms with Gasteiger partial charge in [-0.2, -0.15) is 24.9 Å². The van der Waals surface area contributed by atoms with Gasteiger partial charge >= 0.3 is 18.1 Å². The molecule has 0 saturated carbocycles. The number of carbonyl (C=O) groups is 4. The van der Waals surface area contributed by atoms with Crippen LogP contribution in [0.5, 0.6) is 0 Å². The number of thioether (sulfide) groups is 1. The third kappa shape index (κ3) is 12.0. The second kappa shape index (κ2) is 17.1. The predicted molar refractivity (Wildman–Crippen MR) is 159 cm³/mol. The molecule has 0 aliphatic carbocycles. The molecule has 2 aromatic carbocycles. The fraction of sp³-hybridized carbons (Fsp3) is 0.517. The summed E-state index contributed by atoms with van der Waals surface area (Å²) < 4.78 is 31.7. The zero-order valence-corrected chi connectivity index (χ0v) is 25.3. The maximum atomic E-state index is 13.0. The topological polar surface area (TPSA) is 130 Å². The number of likely N-dealkylation sites (N-methyl/N-ethyl adjacent to an activating group) is 1. The molecule has 1 aliphatic rings. The normalized spacial score (nSPS) is 15.7. The van der Waals surface area contributed by atoms with Gasteiger partial charge in [0, 0.05) is 25.7 Å². The van der Waals surface area contributed by atoms with E-state index in [4.69, 9.17) is 9.90 Å². The smallest absolute Gasteiger partial charge is 0.480 e. The number of hydrogen-bond acceptors (Lipinski definition) is 7. The van der Waals surface area contributed by atoms with E-state index in [9.17, 15) is 32.7 Å². The predicted octanol–water partition coefficient (Wildman–Crippen LogP) is 3.15. The average Bonchev–Trinajstić information content (AvgIpc) is 3.38. The molecule has 1 saturated heterocycles. The maximum Gasteiger partial charge on any atom is 0.490 e. The van der Waals surface area contributed by atoms with Gasteiger partial charge in [-0.25, -0.2) is 9.59 Å². The zero-order chi connectivity index (χ0) is 32.2. The molecule has 0 radical (unpaired) electrons. The van der Waals surface area contributed by atoms with E-state index < -0.39 is 24.2 Å². The Kier molecular flexibility index (Phi) is 14.2. The van der Waals surface area contributed by atoms with Crippen molar-refractivity contribution in [2.45, 2.75) is 44.1 Å². The number of carboxylic acids is 2. The van der Waals surface area contributed by atoms with E-state index >= 15 is 0 Å². The molecule has 0 spiro atoms. The number of carboxylic acid groups (broad SMARTS) is 2. The number of carbonyl (C=O) groups excluding carboxylic acids is 2. The van der Waals surface area contributed by atoms with Crippen molar-refractivity contribution >= 4 is 46.3 Å². The maximum absolute atomic E-state index is 13.0. The van der Waals surface area contributed by atoms with Crippen molar-refractivity contribution in [3.05, 3.63) is 48.0 Å². The van der Waals surface area contributed by atoms with Gasteiger partial charge in [0.25, 0.3) is 0 Å². The van der Waals surface area contributed by atoms with Crippen molar-refractivity contribution in [2.75, 3.05) is 52.3 Å². The highest BCUT2D eigenvalue weighted by molar-refractivity contribution is 7.98. The second-order valence-electron chi connectivity index (χ2n) is 10.5. The number of nitrogens with zero attached hydrogens (tertiary/aromatic N) is 3. The van der Waals surface area contributed by atoms with Crippen LogP contribution in [0, 0.1) is 0 Å². The Labute approximate surface area is 253 Å². The molecule has 3 N–H and O–H groups in total. The van der Waals surface area contributed by atoms with Crippen LogP contribution in [0.15, 0.2) is 42.5 Å². The number of alkyl halides is 3. The van der Waals surface area contributed by atoms with Crippen LogP contribution < -0.4 is 5.32 Å². The second-order valence-corrected chi connectivity index (χ2v) is 11.5. The summed E-state index contributed by atoms with van der Waals surface area (Å²) in [4.78, 5) is 52.3. The van der Waals surface area contributed by atoms with E-state index in [0.29, 0.717) is 31.8 Å². The van der Waals surface area contributed by atoms with Gasteiger partial charge in [0.15, 0.2) is 0 Å².